The van der Waals surface area contributed by atoms with Crippen LogP contribution >= 0.6 is 0 Å². The summed E-state index contributed by atoms with van der Waals surface area (Å²) in [4.78, 5) is 2.41. The predicted molar refractivity (Wildman–Crippen MR) is 114 cm³/mol. The molecule has 1 aliphatic heterocycles. The van der Waals surface area contributed by atoms with Gasteiger partial charge in [-0.05, 0) is 23.1 Å². The number of rotatable bonds is 6. The third kappa shape index (κ3) is 4.50. The third-order valence-corrected chi connectivity index (χ3v) is 5.62. The molecular weight excluding hydrogens is 344 g/mol. The van der Waals surface area contributed by atoms with Crippen molar-refractivity contribution in [3.05, 3.63) is 108 Å². The monoisotopic (exact) mass is 372 g/mol. The van der Waals surface area contributed by atoms with Crippen molar-refractivity contribution in [2.45, 2.75) is 31.2 Å². The van der Waals surface area contributed by atoms with E-state index in [0.29, 0.717) is 6.54 Å². The highest BCUT2D eigenvalue weighted by molar-refractivity contribution is 5.32. The Morgan fingerprint density at radius 3 is 1.89 bits per heavy atom. The average molecular weight is 373 g/mol. The van der Waals surface area contributed by atoms with Crippen LogP contribution in [0.25, 0.3) is 0 Å². The standard InChI is InChI=1S/C25H28N2O/c28-24-19-27(17-16-23(24)26-18-20-10-4-1-5-11-20)25(21-12-6-2-7-13-21)22-14-8-3-9-15-22/h1-15,23-26,28H,16-19H2/t23-,24-/m1/s1. The van der Waals surface area contributed by atoms with Crippen molar-refractivity contribution in [1.82, 2.24) is 10.2 Å². The minimum absolute atomic E-state index is 0.128. The highest BCUT2D eigenvalue weighted by Gasteiger charge is 2.32. The minimum atomic E-state index is -0.382. The quantitative estimate of drug-likeness (QED) is 0.686. The first-order valence-corrected chi connectivity index (χ1v) is 10.1. The second-order valence-electron chi connectivity index (χ2n) is 7.55. The van der Waals surface area contributed by atoms with Gasteiger partial charge in [-0.15, -0.1) is 0 Å². The second-order valence-corrected chi connectivity index (χ2v) is 7.55. The van der Waals surface area contributed by atoms with Crippen molar-refractivity contribution in [2.75, 3.05) is 13.1 Å². The molecule has 1 heterocycles. The Labute approximate surface area is 167 Å². The van der Waals surface area contributed by atoms with E-state index in [-0.39, 0.29) is 18.2 Å². The second kappa shape index (κ2) is 9.16. The van der Waals surface area contributed by atoms with E-state index in [1.165, 1.54) is 16.7 Å². The SMILES string of the molecule is O[C@@H]1CN(C(c2ccccc2)c2ccccc2)CC[C@H]1NCc1ccccc1. The first-order chi connectivity index (χ1) is 13.8. The number of aliphatic hydroxyl groups is 1. The number of aliphatic hydroxyl groups excluding tert-OH is 1. The number of β-amino-alcohol motifs (C(OH)–C–C–N with tert-alkyl or cyclic N) is 1. The lowest BCUT2D eigenvalue weighted by Crippen LogP contribution is -2.53. The molecule has 144 valence electrons. The van der Waals surface area contributed by atoms with Gasteiger partial charge in [0.05, 0.1) is 12.1 Å². The smallest absolute Gasteiger partial charge is 0.0820 e. The van der Waals surface area contributed by atoms with Crippen LogP contribution < -0.4 is 5.32 Å². The zero-order valence-electron chi connectivity index (χ0n) is 16.1. The first kappa shape index (κ1) is 18.9. The number of piperidine rings is 1. The fourth-order valence-electron chi connectivity index (χ4n) is 4.16. The van der Waals surface area contributed by atoms with Gasteiger partial charge >= 0.3 is 0 Å². The molecule has 2 atom stereocenters. The van der Waals surface area contributed by atoms with Gasteiger partial charge in [-0.2, -0.15) is 0 Å². The van der Waals surface area contributed by atoms with Crippen LogP contribution in [0.5, 0.6) is 0 Å². The van der Waals surface area contributed by atoms with Crippen molar-refractivity contribution in [1.29, 1.82) is 0 Å². The van der Waals surface area contributed by atoms with Gasteiger partial charge in [-0.1, -0.05) is 91.0 Å². The van der Waals surface area contributed by atoms with E-state index in [2.05, 4.69) is 95.1 Å². The van der Waals surface area contributed by atoms with Crippen LogP contribution in [0, 0.1) is 0 Å². The third-order valence-electron chi connectivity index (χ3n) is 5.62. The molecule has 1 fully saturated rings. The molecule has 3 aromatic rings. The zero-order valence-corrected chi connectivity index (χ0v) is 16.1. The Balaban J connectivity index is 1.46. The van der Waals surface area contributed by atoms with Gasteiger partial charge in [0.15, 0.2) is 0 Å². The maximum Gasteiger partial charge on any atom is 0.0820 e. The van der Waals surface area contributed by atoms with Crippen LogP contribution in [-0.2, 0) is 6.54 Å². The molecule has 2 N–H and O–H groups in total. The average Bonchev–Trinajstić information content (AvgIpc) is 2.76. The predicted octanol–water partition coefficient (Wildman–Crippen LogP) is 4.00. The van der Waals surface area contributed by atoms with Crippen LogP contribution in [0.3, 0.4) is 0 Å². The molecule has 3 heteroatoms. The topological polar surface area (TPSA) is 35.5 Å². The van der Waals surface area contributed by atoms with Gasteiger partial charge in [0.1, 0.15) is 0 Å². The largest absolute Gasteiger partial charge is 0.390 e. The lowest BCUT2D eigenvalue weighted by Gasteiger charge is -2.41. The number of benzene rings is 3. The Morgan fingerprint density at radius 2 is 1.36 bits per heavy atom. The lowest BCUT2D eigenvalue weighted by molar-refractivity contribution is 0.0269. The fraction of sp³-hybridized carbons (Fsp3) is 0.280. The molecular formula is C25H28N2O. The van der Waals surface area contributed by atoms with Crippen molar-refractivity contribution in [3.8, 4) is 0 Å². The van der Waals surface area contributed by atoms with Gasteiger partial charge in [-0.25, -0.2) is 0 Å². The summed E-state index contributed by atoms with van der Waals surface area (Å²) >= 11 is 0. The number of nitrogens with zero attached hydrogens (tertiary/aromatic N) is 1. The highest BCUT2D eigenvalue weighted by atomic mass is 16.3. The lowest BCUT2D eigenvalue weighted by atomic mass is 9.93. The Morgan fingerprint density at radius 1 is 0.821 bits per heavy atom. The van der Waals surface area contributed by atoms with E-state index in [1.807, 2.05) is 6.07 Å². The van der Waals surface area contributed by atoms with E-state index in [0.717, 1.165) is 19.5 Å². The summed E-state index contributed by atoms with van der Waals surface area (Å²) in [6.45, 7) is 2.42. The molecule has 28 heavy (non-hydrogen) atoms. The Kier molecular flexibility index (Phi) is 6.17. The van der Waals surface area contributed by atoms with Crippen LogP contribution in [0.15, 0.2) is 91.0 Å². The molecule has 0 spiro atoms. The molecule has 1 saturated heterocycles. The maximum atomic E-state index is 10.9. The number of nitrogens with one attached hydrogen (secondary N) is 1. The van der Waals surface area contributed by atoms with Crippen molar-refractivity contribution in [3.63, 3.8) is 0 Å². The van der Waals surface area contributed by atoms with Crippen LogP contribution in [0.1, 0.15) is 29.2 Å². The summed E-state index contributed by atoms with van der Waals surface area (Å²) in [6.07, 6.45) is 0.553. The molecule has 0 saturated carbocycles. The maximum absolute atomic E-state index is 10.9. The van der Waals surface area contributed by atoms with E-state index in [4.69, 9.17) is 0 Å². The van der Waals surface area contributed by atoms with Gasteiger partial charge in [0, 0.05) is 25.7 Å². The molecule has 0 bridgehead atoms. The molecule has 0 amide bonds. The van der Waals surface area contributed by atoms with Crippen molar-refractivity contribution >= 4 is 0 Å². The number of likely N-dealkylation sites (tertiary alicyclic amines) is 1. The summed E-state index contributed by atoms with van der Waals surface area (Å²) in [5.74, 6) is 0. The molecule has 0 radical (unpaired) electrons. The minimum Gasteiger partial charge on any atom is -0.390 e. The summed E-state index contributed by atoms with van der Waals surface area (Å²) in [7, 11) is 0. The van der Waals surface area contributed by atoms with Crippen molar-refractivity contribution in [2.24, 2.45) is 0 Å². The molecule has 1 aliphatic rings. The Bertz CT molecular complexity index is 799. The molecule has 0 aliphatic carbocycles. The van der Waals surface area contributed by atoms with E-state index in [1.54, 1.807) is 0 Å². The van der Waals surface area contributed by atoms with Crippen LogP contribution in [0.4, 0.5) is 0 Å². The van der Waals surface area contributed by atoms with Gasteiger partial charge in [-0.3, -0.25) is 4.90 Å². The summed E-state index contributed by atoms with van der Waals surface area (Å²) in [6, 6.07) is 31.9. The highest BCUT2D eigenvalue weighted by Crippen LogP contribution is 2.31. The summed E-state index contributed by atoms with van der Waals surface area (Å²) in [5.41, 5.74) is 3.80. The van der Waals surface area contributed by atoms with Gasteiger partial charge in [0.2, 0.25) is 0 Å². The molecule has 4 rings (SSSR count). The fourth-order valence-corrected chi connectivity index (χ4v) is 4.16. The number of hydrogen-bond donors (Lipinski definition) is 2. The normalized spacial score (nSPS) is 20.4. The summed E-state index contributed by atoms with van der Waals surface area (Å²) in [5, 5.41) is 14.4. The first-order valence-electron chi connectivity index (χ1n) is 10.1. The Hall–Kier alpha value is -2.46. The van der Waals surface area contributed by atoms with Crippen LogP contribution in [0.2, 0.25) is 0 Å². The van der Waals surface area contributed by atoms with Gasteiger partial charge in [0.25, 0.3) is 0 Å². The molecule has 0 unspecified atom stereocenters. The zero-order chi connectivity index (χ0) is 19.2. The molecule has 0 aromatic heterocycles. The summed E-state index contributed by atoms with van der Waals surface area (Å²) < 4.78 is 0. The van der Waals surface area contributed by atoms with E-state index in [9.17, 15) is 5.11 Å². The van der Waals surface area contributed by atoms with E-state index >= 15 is 0 Å². The van der Waals surface area contributed by atoms with E-state index < -0.39 is 0 Å². The number of hydrogen-bond acceptors (Lipinski definition) is 3. The van der Waals surface area contributed by atoms with Crippen LogP contribution in [-0.4, -0.2) is 35.2 Å². The van der Waals surface area contributed by atoms with Gasteiger partial charge < -0.3 is 10.4 Å². The molecule has 3 nitrogen and oxygen atoms in total. The van der Waals surface area contributed by atoms with Crippen molar-refractivity contribution < 1.29 is 5.11 Å². The molecule has 3 aromatic carbocycles.